The van der Waals surface area contributed by atoms with Crippen molar-refractivity contribution in [2.24, 2.45) is 0 Å². The maximum absolute atomic E-state index is 13.4. The van der Waals surface area contributed by atoms with E-state index < -0.39 is 0 Å². The van der Waals surface area contributed by atoms with E-state index in [9.17, 15) is 4.39 Å². The van der Waals surface area contributed by atoms with Gasteiger partial charge in [-0.1, -0.05) is 38.5 Å². The summed E-state index contributed by atoms with van der Waals surface area (Å²) in [5.74, 6) is 1.95. The van der Waals surface area contributed by atoms with Crippen LogP contribution in [0.1, 0.15) is 87.3 Å². The number of piperidine rings is 1. The van der Waals surface area contributed by atoms with E-state index in [1.807, 2.05) is 26.0 Å². The van der Waals surface area contributed by atoms with Gasteiger partial charge in [0.1, 0.15) is 17.4 Å². The molecule has 5 rings (SSSR count). The molecule has 2 aromatic carbocycles. The van der Waals surface area contributed by atoms with Crippen molar-refractivity contribution in [3.8, 4) is 11.5 Å². The molecule has 1 atom stereocenters. The van der Waals surface area contributed by atoms with Crippen LogP contribution < -0.4 is 9.47 Å². The van der Waals surface area contributed by atoms with Crippen LogP contribution in [0.3, 0.4) is 0 Å². The minimum Gasteiger partial charge on any atom is -0.486 e. The molecule has 1 aromatic heterocycles. The fraction of sp³-hybridized carbons (Fsp3) is 0.531. The number of benzene rings is 2. The van der Waals surface area contributed by atoms with Gasteiger partial charge in [-0.15, -0.1) is 0 Å². The summed E-state index contributed by atoms with van der Waals surface area (Å²) in [5.41, 5.74) is 5.42. The van der Waals surface area contributed by atoms with Crippen LogP contribution in [0.5, 0.6) is 11.5 Å². The van der Waals surface area contributed by atoms with Crippen molar-refractivity contribution in [2.75, 3.05) is 19.7 Å². The van der Waals surface area contributed by atoms with Crippen LogP contribution >= 0.6 is 0 Å². The summed E-state index contributed by atoms with van der Waals surface area (Å²) in [6.45, 7) is 15.0. The quantitative estimate of drug-likeness (QED) is 0.286. The van der Waals surface area contributed by atoms with Gasteiger partial charge in [0.05, 0.1) is 6.61 Å². The minimum absolute atomic E-state index is 0.118. The minimum atomic E-state index is -0.219. The first-order valence-electron chi connectivity index (χ1n) is 14.2. The third kappa shape index (κ3) is 5.61. The number of hydrogen-bond acceptors (Lipinski definition) is 5. The summed E-state index contributed by atoms with van der Waals surface area (Å²) in [6, 6.07) is 7.46. The first-order valence-corrected chi connectivity index (χ1v) is 14.2. The Hall–Kier alpha value is -2.86. The topological polar surface area (TPSA) is 47.7 Å². The average molecular weight is 521 g/mol. The number of fused-ring (bicyclic) bond motifs is 1. The van der Waals surface area contributed by atoms with E-state index >= 15 is 0 Å². The maximum Gasteiger partial charge on any atom is 0.207 e. The van der Waals surface area contributed by atoms with E-state index in [4.69, 9.17) is 13.9 Å². The predicted octanol–water partition coefficient (Wildman–Crippen LogP) is 7.98. The van der Waals surface area contributed by atoms with Crippen LogP contribution in [-0.2, 0) is 0 Å². The van der Waals surface area contributed by atoms with Crippen LogP contribution in [-0.4, -0.2) is 41.7 Å². The standard InChI is InChI=1S/C32H41FN2O3/c1-20(2)28-22(4)29-31(37-23(5)34-29)32(36-19-16-21(3)24-10-12-25(33)13-11-24)30(28)38-27-14-17-35(18-15-27)26-8-6-7-9-26/h10-13,21,26-27H,1,6-9,14-19H2,2-5H3. The summed E-state index contributed by atoms with van der Waals surface area (Å²) in [4.78, 5) is 7.33. The average Bonchev–Trinajstić information content (AvgIpc) is 3.57. The molecule has 2 fully saturated rings. The molecule has 5 nitrogen and oxygen atoms in total. The Kier molecular flexibility index (Phi) is 8.08. The molecule has 6 heteroatoms. The third-order valence-electron chi connectivity index (χ3n) is 8.37. The molecule has 1 aliphatic carbocycles. The Morgan fingerprint density at radius 1 is 1.11 bits per heavy atom. The van der Waals surface area contributed by atoms with Gasteiger partial charge in [-0.3, -0.25) is 0 Å². The van der Waals surface area contributed by atoms with Crippen LogP contribution in [0, 0.1) is 19.7 Å². The number of ether oxygens (including phenoxy) is 2. The zero-order valence-corrected chi connectivity index (χ0v) is 23.3. The molecule has 2 aliphatic rings. The summed E-state index contributed by atoms with van der Waals surface area (Å²) < 4.78 is 32.8. The van der Waals surface area contributed by atoms with E-state index in [0.29, 0.717) is 23.8 Å². The first kappa shape index (κ1) is 26.7. The lowest BCUT2D eigenvalue weighted by atomic mass is 9.98. The smallest absolute Gasteiger partial charge is 0.207 e. The molecule has 0 N–H and O–H groups in total. The van der Waals surface area contributed by atoms with Gasteiger partial charge in [-0.25, -0.2) is 9.37 Å². The molecule has 38 heavy (non-hydrogen) atoms. The monoisotopic (exact) mass is 520 g/mol. The van der Waals surface area contributed by atoms with Gasteiger partial charge in [0.25, 0.3) is 0 Å². The van der Waals surface area contributed by atoms with Crippen molar-refractivity contribution < 1.29 is 18.3 Å². The Labute approximate surface area is 226 Å². The first-order chi connectivity index (χ1) is 18.3. The molecule has 1 aliphatic heterocycles. The molecule has 0 radical (unpaired) electrons. The van der Waals surface area contributed by atoms with Gasteiger partial charge in [-0.2, -0.15) is 0 Å². The molecule has 1 saturated heterocycles. The fourth-order valence-corrected chi connectivity index (χ4v) is 6.19. The number of nitrogens with zero attached hydrogens (tertiary/aromatic N) is 2. The Balaban J connectivity index is 1.39. The SMILES string of the molecule is C=C(C)c1c(OC2CCN(C3CCCC3)CC2)c(OCCC(C)c2ccc(F)cc2)c2oc(C)nc2c1C. The molecule has 0 amide bonds. The van der Waals surface area contributed by atoms with Crippen LogP contribution in [0.2, 0.25) is 0 Å². The van der Waals surface area contributed by atoms with Crippen molar-refractivity contribution in [1.82, 2.24) is 9.88 Å². The number of aryl methyl sites for hydroxylation is 2. The van der Waals surface area contributed by atoms with Crippen molar-refractivity contribution >= 4 is 16.7 Å². The lowest BCUT2D eigenvalue weighted by molar-refractivity contribution is 0.0742. The number of likely N-dealkylation sites (tertiary alicyclic amines) is 1. The van der Waals surface area contributed by atoms with Crippen LogP contribution in [0.25, 0.3) is 16.7 Å². The normalized spacial score (nSPS) is 18.2. The molecular formula is C32H41FN2O3. The summed E-state index contributed by atoms with van der Waals surface area (Å²) in [6.07, 6.45) is 8.28. The summed E-state index contributed by atoms with van der Waals surface area (Å²) in [5, 5.41) is 0. The zero-order chi connectivity index (χ0) is 26.8. The van der Waals surface area contributed by atoms with Gasteiger partial charge in [0.15, 0.2) is 11.6 Å². The molecule has 3 aromatic rings. The highest BCUT2D eigenvalue weighted by Crippen LogP contribution is 2.46. The second-order valence-electron chi connectivity index (χ2n) is 11.2. The molecule has 0 spiro atoms. The summed E-state index contributed by atoms with van der Waals surface area (Å²) in [7, 11) is 0. The fourth-order valence-electron chi connectivity index (χ4n) is 6.19. The summed E-state index contributed by atoms with van der Waals surface area (Å²) >= 11 is 0. The van der Waals surface area contributed by atoms with Crippen molar-refractivity contribution in [3.63, 3.8) is 0 Å². The highest BCUT2D eigenvalue weighted by Gasteiger charge is 2.31. The van der Waals surface area contributed by atoms with Crippen molar-refractivity contribution in [1.29, 1.82) is 0 Å². The van der Waals surface area contributed by atoms with Gasteiger partial charge in [0, 0.05) is 31.6 Å². The van der Waals surface area contributed by atoms with Crippen LogP contribution in [0.15, 0.2) is 35.3 Å². The molecular weight excluding hydrogens is 479 g/mol. The third-order valence-corrected chi connectivity index (χ3v) is 8.37. The van der Waals surface area contributed by atoms with E-state index in [1.165, 1.54) is 37.8 Å². The highest BCUT2D eigenvalue weighted by atomic mass is 19.1. The lowest BCUT2D eigenvalue weighted by Gasteiger charge is -2.36. The number of halogens is 1. The second kappa shape index (κ2) is 11.5. The molecule has 1 unspecified atom stereocenters. The Morgan fingerprint density at radius 2 is 1.79 bits per heavy atom. The second-order valence-corrected chi connectivity index (χ2v) is 11.2. The molecule has 2 heterocycles. The number of hydrogen-bond donors (Lipinski definition) is 0. The van der Waals surface area contributed by atoms with E-state index in [1.54, 1.807) is 0 Å². The predicted molar refractivity (Wildman–Crippen MR) is 151 cm³/mol. The molecule has 1 saturated carbocycles. The highest BCUT2D eigenvalue weighted by molar-refractivity contribution is 5.92. The van der Waals surface area contributed by atoms with E-state index in [2.05, 4.69) is 30.3 Å². The van der Waals surface area contributed by atoms with Gasteiger partial charge < -0.3 is 18.8 Å². The largest absolute Gasteiger partial charge is 0.486 e. The van der Waals surface area contributed by atoms with E-state index in [0.717, 1.165) is 71.9 Å². The number of oxazole rings is 1. The van der Waals surface area contributed by atoms with E-state index in [-0.39, 0.29) is 17.8 Å². The Morgan fingerprint density at radius 3 is 2.45 bits per heavy atom. The Bertz CT molecular complexity index is 1270. The van der Waals surface area contributed by atoms with Gasteiger partial charge in [0.2, 0.25) is 11.3 Å². The van der Waals surface area contributed by atoms with Crippen molar-refractivity contribution in [3.05, 3.63) is 59.2 Å². The van der Waals surface area contributed by atoms with Crippen molar-refractivity contribution in [2.45, 2.75) is 90.7 Å². The molecule has 0 bridgehead atoms. The zero-order valence-electron chi connectivity index (χ0n) is 23.3. The van der Waals surface area contributed by atoms with Gasteiger partial charge >= 0.3 is 0 Å². The number of aromatic nitrogens is 1. The van der Waals surface area contributed by atoms with Crippen LogP contribution in [0.4, 0.5) is 4.39 Å². The van der Waals surface area contributed by atoms with Gasteiger partial charge in [-0.05, 0) is 80.7 Å². The number of allylic oxidation sites excluding steroid dienone is 1. The number of rotatable bonds is 9. The maximum atomic E-state index is 13.4. The molecule has 204 valence electrons. The lowest BCUT2D eigenvalue weighted by Crippen LogP contribution is -2.43.